The van der Waals surface area contributed by atoms with Gasteiger partial charge in [0.1, 0.15) is 0 Å². The van der Waals surface area contributed by atoms with E-state index in [9.17, 15) is 13.9 Å². The lowest BCUT2D eigenvalue weighted by molar-refractivity contribution is -0.0203. The van der Waals surface area contributed by atoms with Gasteiger partial charge in [-0.3, -0.25) is 0 Å². The molecule has 1 aromatic rings. The molecule has 1 saturated carbocycles. The molecule has 0 atom stereocenters. The maximum Gasteiger partial charge on any atom is 0.168 e. The van der Waals surface area contributed by atoms with Crippen molar-refractivity contribution in [2.24, 2.45) is 0 Å². The molecular formula is C12H17F2N3O. The van der Waals surface area contributed by atoms with Gasteiger partial charge in [0.2, 0.25) is 0 Å². The number of aliphatic hydroxyl groups is 1. The number of anilines is 2. The third-order valence-corrected chi connectivity index (χ3v) is 3.14. The number of nitrogens with zero attached hydrogens (tertiary/aromatic N) is 1. The highest BCUT2D eigenvalue weighted by Gasteiger charge is 2.34. The Balaban J connectivity index is 2.08. The SMILES string of the molecule is CCNc1nc(NCC2(O)CCC2)c(F)cc1F. The quantitative estimate of drug-likeness (QED) is 0.756. The molecule has 3 N–H and O–H groups in total. The molecule has 0 aliphatic heterocycles. The predicted molar refractivity (Wildman–Crippen MR) is 65.6 cm³/mol. The second-order valence-electron chi connectivity index (χ2n) is 4.61. The summed E-state index contributed by atoms with van der Waals surface area (Å²) in [5.74, 6) is -1.49. The molecule has 4 nitrogen and oxygen atoms in total. The van der Waals surface area contributed by atoms with E-state index >= 15 is 0 Å². The lowest BCUT2D eigenvalue weighted by atomic mass is 9.80. The summed E-state index contributed by atoms with van der Waals surface area (Å²) in [5.41, 5.74) is -0.777. The maximum absolute atomic E-state index is 13.5. The molecule has 0 amide bonds. The predicted octanol–water partition coefficient (Wildman–Crippen LogP) is 2.12. The number of pyridine rings is 1. The van der Waals surface area contributed by atoms with Gasteiger partial charge >= 0.3 is 0 Å². The van der Waals surface area contributed by atoms with Crippen LogP contribution in [0.4, 0.5) is 20.4 Å². The minimum Gasteiger partial charge on any atom is -0.388 e. The Labute approximate surface area is 104 Å². The summed E-state index contributed by atoms with van der Waals surface area (Å²) in [6.45, 7) is 2.53. The molecular weight excluding hydrogens is 240 g/mol. The lowest BCUT2D eigenvalue weighted by Gasteiger charge is -2.36. The Hall–Kier alpha value is -1.43. The van der Waals surface area contributed by atoms with Gasteiger partial charge in [0.15, 0.2) is 23.3 Å². The third-order valence-electron chi connectivity index (χ3n) is 3.14. The van der Waals surface area contributed by atoms with Crippen molar-refractivity contribution in [1.82, 2.24) is 4.98 Å². The molecule has 1 aliphatic carbocycles. The van der Waals surface area contributed by atoms with E-state index in [-0.39, 0.29) is 18.2 Å². The first-order valence-electron chi connectivity index (χ1n) is 6.10. The van der Waals surface area contributed by atoms with Gasteiger partial charge in [0.25, 0.3) is 0 Å². The van der Waals surface area contributed by atoms with E-state index in [0.29, 0.717) is 19.4 Å². The van der Waals surface area contributed by atoms with E-state index < -0.39 is 17.2 Å². The van der Waals surface area contributed by atoms with Gasteiger partial charge in [0.05, 0.1) is 5.60 Å². The van der Waals surface area contributed by atoms with Crippen LogP contribution in [0.5, 0.6) is 0 Å². The van der Waals surface area contributed by atoms with E-state index in [1.165, 1.54) is 0 Å². The van der Waals surface area contributed by atoms with Crippen LogP contribution in [-0.4, -0.2) is 28.8 Å². The highest BCUT2D eigenvalue weighted by atomic mass is 19.1. The fraction of sp³-hybridized carbons (Fsp3) is 0.583. The smallest absolute Gasteiger partial charge is 0.168 e. The summed E-state index contributed by atoms with van der Waals surface area (Å²) in [5, 5.41) is 15.3. The molecule has 18 heavy (non-hydrogen) atoms. The van der Waals surface area contributed by atoms with Crippen molar-refractivity contribution in [2.45, 2.75) is 31.8 Å². The second kappa shape index (κ2) is 5.06. The molecule has 0 unspecified atom stereocenters. The summed E-state index contributed by atoms with van der Waals surface area (Å²) in [6.07, 6.45) is 2.37. The van der Waals surface area contributed by atoms with Gasteiger partial charge in [-0.2, -0.15) is 0 Å². The second-order valence-corrected chi connectivity index (χ2v) is 4.61. The number of hydrogen-bond donors (Lipinski definition) is 3. The number of aromatic nitrogens is 1. The number of halogens is 2. The minimum absolute atomic E-state index is 0.0157. The van der Waals surface area contributed by atoms with Crippen molar-refractivity contribution < 1.29 is 13.9 Å². The zero-order valence-electron chi connectivity index (χ0n) is 10.3. The average molecular weight is 257 g/mol. The Kier molecular flexibility index (Phi) is 3.65. The van der Waals surface area contributed by atoms with Gasteiger partial charge < -0.3 is 15.7 Å². The molecule has 100 valence electrons. The molecule has 0 aromatic carbocycles. The molecule has 0 spiro atoms. The maximum atomic E-state index is 13.5. The number of hydrogen-bond acceptors (Lipinski definition) is 4. The highest BCUT2D eigenvalue weighted by molar-refractivity contribution is 5.47. The van der Waals surface area contributed by atoms with Crippen LogP contribution >= 0.6 is 0 Å². The number of nitrogens with one attached hydrogen (secondary N) is 2. The summed E-state index contributed by atoms with van der Waals surface area (Å²) in [4.78, 5) is 3.84. The van der Waals surface area contributed by atoms with Crippen LogP contribution in [0.1, 0.15) is 26.2 Å². The fourth-order valence-corrected chi connectivity index (χ4v) is 1.89. The largest absolute Gasteiger partial charge is 0.388 e. The molecule has 1 aromatic heterocycles. The zero-order valence-corrected chi connectivity index (χ0v) is 10.3. The Bertz CT molecular complexity index is 436. The van der Waals surface area contributed by atoms with Crippen molar-refractivity contribution >= 4 is 11.6 Å². The molecule has 1 aliphatic rings. The molecule has 6 heteroatoms. The molecule has 1 fully saturated rings. The van der Waals surface area contributed by atoms with Gasteiger partial charge in [-0.05, 0) is 26.2 Å². The van der Waals surface area contributed by atoms with Crippen LogP contribution in [0, 0.1) is 11.6 Å². The lowest BCUT2D eigenvalue weighted by Crippen LogP contribution is -2.43. The average Bonchev–Trinajstić information content (AvgIpc) is 2.29. The van der Waals surface area contributed by atoms with Crippen LogP contribution in [-0.2, 0) is 0 Å². The molecule has 0 bridgehead atoms. The van der Waals surface area contributed by atoms with Crippen LogP contribution < -0.4 is 10.6 Å². The van der Waals surface area contributed by atoms with Crippen LogP contribution in [0.15, 0.2) is 6.07 Å². The standard InChI is InChI=1S/C12H17F2N3O/c1-2-15-10-8(13)6-9(14)11(17-10)16-7-12(18)4-3-5-12/h6,18H,2-5,7H2,1H3,(H2,15,16,17). The van der Waals surface area contributed by atoms with Crippen molar-refractivity contribution in [3.63, 3.8) is 0 Å². The van der Waals surface area contributed by atoms with E-state index in [1.807, 2.05) is 0 Å². The minimum atomic E-state index is -0.777. The zero-order chi connectivity index (χ0) is 13.2. The molecule has 0 radical (unpaired) electrons. The summed E-state index contributed by atoms with van der Waals surface area (Å²) in [7, 11) is 0. The van der Waals surface area contributed by atoms with Gasteiger partial charge in [-0.1, -0.05) is 0 Å². The van der Waals surface area contributed by atoms with Crippen molar-refractivity contribution in [1.29, 1.82) is 0 Å². The first-order chi connectivity index (χ1) is 8.54. The monoisotopic (exact) mass is 257 g/mol. The van der Waals surface area contributed by atoms with Crippen LogP contribution in [0.25, 0.3) is 0 Å². The summed E-state index contributed by atoms with van der Waals surface area (Å²) < 4.78 is 26.8. The summed E-state index contributed by atoms with van der Waals surface area (Å²) >= 11 is 0. The van der Waals surface area contributed by atoms with E-state index in [4.69, 9.17) is 0 Å². The van der Waals surface area contributed by atoms with Crippen LogP contribution in [0.2, 0.25) is 0 Å². The van der Waals surface area contributed by atoms with Crippen molar-refractivity contribution in [3.8, 4) is 0 Å². The molecule has 0 saturated heterocycles. The Morgan fingerprint density at radius 3 is 2.39 bits per heavy atom. The molecule has 2 rings (SSSR count). The van der Waals surface area contributed by atoms with Crippen molar-refractivity contribution in [3.05, 3.63) is 17.7 Å². The van der Waals surface area contributed by atoms with Gasteiger partial charge in [-0.15, -0.1) is 0 Å². The Morgan fingerprint density at radius 1 is 1.28 bits per heavy atom. The highest BCUT2D eigenvalue weighted by Crippen LogP contribution is 2.31. The van der Waals surface area contributed by atoms with Gasteiger partial charge in [-0.25, -0.2) is 13.8 Å². The normalized spacial score (nSPS) is 17.1. The third kappa shape index (κ3) is 2.69. The molecule has 1 heterocycles. The Morgan fingerprint density at radius 2 is 1.89 bits per heavy atom. The first kappa shape index (κ1) is 13.0. The van der Waals surface area contributed by atoms with Crippen LogP contribution in [0.3, 0.4) is 0 Å². The van der Waals surface area contributed by atoms with E-state index in [2.05, 4.69) is 15.6 Å². The number of rotatable bonds is 5. The fourth-order valence-electron chi connectivity index (χ4n) is 1.89. The van der Waals surface area contributed by atoms with Gasteiger partial charge in [0, 0.05) is 19.2 Å². The first-order valence-corrected chi connectivity index (χ1v) is 6.10. The van der Waals surface area contributed by atoms with E-state index in [1.54, 1.807) is 6.92 Å². The van der Waals surface area contributed by atoms with E-state index in [0.717, 1.165) is 12.5 Å². The summed E-state index contributed by atoms with van der Waals surface area (Å²) in [6, 6.07) is 0.790. The van der Waals surface area contributed by atoms with Crippen molar-refractivity contribution in [2.75, 3.05) is 23.7 Å². The topological polar surface area (TPSA) is 57.2 Å².